The molecule has 4 heteroatoms. The Labute approximate surface area is 110 Å². The lowest BCUT2D eigenvalue weighted by Gasteiger charge is -2.08. The van der Waals surface area contributed by atoms with Gasteiger partial charge in [0, 0.05) is 22.7 Å². The Balaban J connectivity index is 1.93. The summed E-state index contributed by atoms with van der Waals surface area (Å²) in [5.41, 5.74) is 3.12. The maximum absolute atomic E-state index is 4.60. The van der Waals surface area contributed by atoms with Crippen LogP contribution in [0.3, 0.4) is 0 Å². The molecule has 0 aliphatic rings. The van der Waals surface area contributed by atoms with Crippen LogP contribution in [0.4, 0.5) is 5.69 Å². The molecular formula is C14H13N3S. The van der Waals surface area contributed by atoms with E-state index >= 15 is 0 Å². The van der Waals surface area contributed by atoms with Gasteiger partial charge < -0.3 is 5.32 Å². The van der Waals surface area contributed by atoms with E-state index in [1.165, 1.54) is 0 Å². The summed E-state index contributed by atoms with van der Waals surface area (Å²) in [5.74, 6) is 0. The average molecular weight is 255 g/mol. The molecule has 3 rings (SSSR count). The van der Waals surface area contributed by atoms with Gasteiger partial charge in [0.15, 0.2) is 0 Å². The number of pyridine rings is 1. The highest BCUT2D eigenvalue weighted by molar-refractivity contribution is 7.09. The summed E-state index contributed by atoms with van der Waals surface area (Å²) in [6.45, 7) is 2.75. The summed E-state index contributed by atoms with van der Waals surface area (Å²) < 4.78 is 0. The van der Waals surface area contributed by atoms with Crippen molar-refractivity contribution in [2.24, 2.45) is 0 Å². The van der Waals surface area contributed by atoms with E-state index in [-0.39, 0.29) is 0 Å². The fourth-order valence-electron chi connectivity index (χ4n) is 1.90. The van der Waals surface area contributed by atoms with E-state index in [1.807, 2.05) is 30.6 Å². The number of thiazole rings is 1. The summed E-state index contributed by atoms with van der Waals surface area (Å²) in [6.07, 6.45) is 1.83. The standard InChI is InChI=1S/C14H13N3S/c1-10-5-6-11-3-2-4-12(14(11)17-10)16-9-13-15-7-8-18-13/h2-8,16H,9H2,1H3. The molecule has 0 aliphatic carbocycles. The first-order chi connectivity index (χ1) is 8.83. The number of nitrogens with one attached hydrogen (secondary N) is 1. The number of hydrogen-bond acceptors (Lipinski definition) is 4. The van der Waals surface area contributed by atoms with Crippen molar-refractivity contribution in [3.63, 3.8) is 0 Å². The Morgan fingerprint density at radius 2 is 2.17 bits per heavy atom. The Morgan fingerprint density at radius 1 is 1.22 bits per heavy atom. The molecule has 1 N–H and O–H groups in total. The first-order valence-electron chi connectivity index (χ1n) is 5.81. The molecule has 3 nitrogen and oxygen atoms in total. The maximum Gasteiger partial charge on any atom is 0.112 e. The number of hydrogen-bond donors (Lipinski definition) is 1. The third kappa shape index (κ3) is 2.19. The third-order valence-corrected chi connectivity index (χ3v) is 3.55. The minimum absolute atomic E-state index is 0.742. The summed E-state index contributed by atoms with van der Waals surface area (Å²) in [4.78, 5) is 8.86. The van der Waals surface area contributed by atoms with Gasteiger partial charge in [-0.2, -0.15) is 0 Å². The van der Waals surface area contributed by atoms with Crippen molar-refractivity contribution in [3.05, 3.63) is 52.6 Å². The lowest BCUT2D eigenvalue weighted by Crippen LogP contribution is -2.00. The second-order valence-electron chi connectivity index (χ2n) is 4.11. The molecule has 0 spiro atoms. The number of fused-ring (bicyclic) bond motifs is 1. The number of benzene rings is 1. The van der Waals surface area contributed by atoms with Crippen molar-refractivity contribution in [3.8, 4) is 0 Å². The van der Waals surface area contributed by atoms with Crippen molar-refractivity contribution in [1.82, 2.24) is 9.97 Å². The number of anilines is 1. The average Bonchev–Trinajstić information content (AvgIpc) is 2.89. The highest BCUT2D eigenvalue weighted by Crippen LogP contribution is 2.22. The fourth-order valence-corrected chi connectivity index (χ4v) is 2.45. The van der Waals surface area contributed by atoms with E-state index in [2.05, 4.69) is 33.5 Å². The predicted octanol–water partition coefficient (Wildman–Crippen LogP) is 3.61. The van der Waals surface area contributed by atoms with Gasteiger partial charge >= 0.3 is 0 Å². The van der Waals surface area contributed by atoms with Crippen molar-refractivity contribution >= 4 is 27.9 Å². The highest BCUT2D eigenvalue weighted by atomic mass is 32.1. The second-order valence-corrected chi connectivity index (χ2v) is 5.09. The zero-order valence-electron chi connectivity index (χ0n) is 10.1. The van der Waals surface area contributed by atoms with Crippen LogP contribution in [0.15, 0.2) is 41.9 Å². The molecule has 0 amide bonds. The van der Waals surface area contributed by atoms with Crippen molar-refractivity contribution in [2.75, 3.05) is 5.32 Å². The molecule has 0 fully saturated rings. The molecule has 0 bridgehead atoms. The van der Waals surface area contributed by atoms with Crippen LogP contribution < -0.4 is 5.32 Å². The van der Waals surface area contributed by atoms with E-state index in [1.54, 1.807) is 11.3 Å². The van der Waals surface area contributed by atoms with E-state index in [9.17, 15) is 0 Å². The normalized spacial score (nSPS) is 10.7. The van der Waals surface area contributed by atoms with Gasteiger partial charge in [0.05, 0.1) is 17.7 Å². The van der Waals surface area contributed by atoms with Crippen molar-refractivity contribution in [1.29, 1.82) is 0 Å². The van der Waals surface area contributed by atoms with E-state index in [4.69, 9.17) is 0 Å². The first-order valence-corrected chi connectivity index (χ1v) is 6.69. The summed E-state index contributed by atoms with van der Waals surface area (Å²) in [7, 11) is 0. The monoisotopic (exact) mass is 255 g/mol. The third-order valence-electron chi connectivity index (χ3n) is 2.77. The van der Waals surface area contributed by atoms with Gasteiger partial charge in [-0.1, -0.05) is 18.2 Å². The minimum Gasteiger partial charge on any atom is -0.377 e. The molecule has 0 saturated carbocycles. The SMILES string of the molecule is Cc1ccc2cccc(NCc3nccs3)c2n1. The topological polar surface area (TPSA) is 37.8 Å². The van der Waals surface area contributed by atoms with Gasteiger partial charge in [0.1, 0.15) is 5.01 Å². The molecule has 0 saturated heterocycles. The Morgan fingerprint density at radius 3 is 3.00 bits per heavy atom. The van der Waals surface area contributed by atoms with E-state index < -0.39 is 0 Å². The quantitative estimate of drug-likeness (QED) is 0.777. The number of aromatic nitrogens is 2. The molecule has 0 radical (unpaired) electrons. The fraction of sp³-hybridized carbons (Fsp3) is 0.143. The van der Waals surface area contributed by atoms with Gasteiger partial charge in [-0.15, -0.1) is 11.3 Å². The van der Waals surface area contributed by atoms with Gasteiger partial charge in [-0.3, -0.25) is 4.98 Å². The summed E-state index contributed by atoms with van der Waals surface area (Å²) in [5, 5.41) is 7.63. The molecule has 18 heavy (non-hydrogen) atoms. The highest BCUT2D eigenvalue weighted by Gasteiger charge is 2.03. The maximum atomic E-state index is 4.60. The van der Waals surface area contributed by atoms with Crippen LogP contribution in [0.2, 0.25) is 0 Å². The summed E-state index contributed by atoms with van der Waals surface area (Å²) >= 11 is 1.66. The lowest BCUT2D eigenvalue weighted by molar-refractivity contribution is 1.10. The van der Waals surface area contributed by atoms with Gasteiger partial charge in [0.2, 0.25) is 0 Å². The minimum atomic E-state index is 0.742. The lowest BCUT2D eigenvalue weighted by atomic mass is 10.2. The Bertz CT molecular complexity index is 662. The van der Waals surface area contributed by atoms with Gasteiger partial charge in [-0.25, -0.2) is 4.98 Å². The number of para-hydroxylation sites is 1. The molecule has 3 aromatic rings. The molecule has 0 atom stereocenters. The second kappa shape index (κ2) is 4.74. The number of aryl methyl sites for hydroxylation is 1. The van der Waals surface area contributed by atoms with Gasteiger partial charge in [-0.05, 0) is 19.1 Å². The Kier molecular flexibility index (Phi) is 2.94. The van der Waals surface area contributed by atoms with Crippen LogP contribution in [0, 0.1) is 6.92 Å². The molecule has 2 aromatic heterocycles. The van der Waals surface area contributed by atoms with Crippen molar-refractivity contribution in [2.45, 2.75) is 13.5 Å². The van der Waals surface area contributed by atoms with Crippen molar-refractivity contribution < 1.29 is 0 Å². The number of nitrogens with zero attached hydrogens (tertiary/aromatic N) is 2. The molecule has 2 heterocycles. The largest absolute Gasteiger partial charge is 0.377 e. The smallest absolute Gasteiger partial charge is 0.112 e. The van der Waals surface area contributed by atoms with Crippen LogP contribution in [0.1, 0.15) is 10.7 Å². The van der Waals surface area contributed by atoms with Crippen LogP contribution in [-0.2, 0) is 6.54 Å². The molecule has 1 aromatic carbocycles. The zero-order chi connectivity index (χ0) is 12.4. The van der Waals surface area contributed by atoms with E-state index in [0.29, 0.717) is 0 Å². The van der Waals surface area contributed by atoms with Crippen LogP contribution in [0.5, 0.6) is 0 Å². The molecular weight excluding hydrogens is 242 g/mol. The Hall–Kier alpha value is -1.94. The summed E-state index contributed by atoms with van der Waals surface area (Å²) in [6, 6.07) is 10.3. The van der Waals surface area contributed by atoms with Crippen LogP contribution in [-0.4, -0.2) is 9.97 Å². The number of rotatable bonds is 3. The predicted molar refractivity (Wildman–Crippen MR) is 75.9 cm³/mol. The first kappa shape index (κ1) is 11.2. The molecule has 90 valence electrons. The van der Waals surface area contributed by atoms with Gasteiger partial charge in [0.25, 0.3) is 0 Å². The van der Waals surface area contributed by atoms with Crippen LogP contribution >= 0.6 is 11.3 Å². The van der Waals surface area contributed by atoms with E-state index in [0.717, 1.165) is 33.8 Å². The molecule has 0 unspecified atom stereocenters. The molecule has 0 aliphatic heterocycles. The van der Waals surface area contributed by atoms with Crippen LogP contribution in [0.25, 0.3) is 10.9 Å². The zero-order valence-corrected chi connectivity index (χ0v) is 10.9.